The number of nitrogens with one attached hydrogen (secondary N) is 2. The fourth-order valence-electron chi connectivity index (χ4n) is 4.98. The molecule has 1 amide bonds. The highest BCUT2D eigenvalue weighted by Gasteiger charge is 2.28. The zero-order valence-corrected chi connectivity index (χ0v) is 20.2. The Balaban J connectivity index is 1.47. The minimum Gasteiger partial charge on any atom is -0.496 e. The number of nitrogens with two attached hydrogens (primary N) is 1. The van der Waals surface area contributed by atoms with Crippen molar-refractivity contribution in [1.82, 2.24) is 14.9 Å². The largest absolute Gasteiger partial charge is 0.496 e. The van der Waals surface area contributed by atoms with Gasteiger partial charge in [0.05, 0.1) is 31.5 Å². The van der Waals surface area contributed by atoms with Crippen LogP contribution in [-0.2, 0) is 19.4 Å². The van der Waals surface area contributed by atoms with E-state index in [2.05, 4.69) is 50.7 Å². The number of nitrogens with zero attached hydrogens (tertiary/aromatic N) is 3. The van der Waals surface area contributed by atoms with Gasteiger partial charge in [-0.3, -0.25) is 4.79 Å². The second-order valence-electron chi connectivity index (χ2n) is 9.02. The van der Waals surface area contributed by atoms with Crippen molar-refractivity contribution in [3.63, 3.8) is 0 Å². The molecule has 0 fully saturated rings. The molecule has 1 aromatic heterocycles. The van der Waals surface area contributed by atoms with Gasteiger partial charge in [0.2, 0.25) is 5.95 Å². The van der Waals surface area contributed by atoms with E-state index in [1.807, 2.05) is 12.1 Å². The van der Waals surface area contributed by atoms with E-state index >= 15 is 0 Å². The van der Waals surface area contributed by atoms with Crippen LogP contribution in [0, 0.1) is 0 Å². The van der Waals surface area contributed by atoms with E-state index in [0.717, 1.165) is 55.1 Å². The summed E-state index contributed by atoms with van der Waals surface area (Å²) in [5.41, 5.74) is 11.5. The quantitative estimate of drug-likeness (QED) is 0.477. The van der Waals surface area contributed by atoms with Gasteiger partial charge in [-0.05, 0) is 61.2 Å². The highest BCUT2D eigenvalue weighted by molar-refractivity contribution is 5.97. The minimum atomic E-state index is -0.591. The predicted octanol–water partition coefficient (Wildman–Crippen LogP) is 3.42. The molecule has 3 aromatic rings. The molecule has 0 saturated carbocycles. The van der Waals surface area contributed by atoms with Crippen molar-refractivity contribution < 1.29 is 14.3 Å². The van der Waals surface area contributed by atoms with E-state index < -0.39 is 5.91 Å². The smallest absolute Gasteiger partial charge is 0.254 e. The Bertz CT molecular complexity index is 1280. The Kier molecular flexibility index (Phi) is 6.17. The van der Waals surface area contributed by atoms with Crippen molar-refractivity contribution in [1.29, 1.82) is 0 Å². The van der Waals surface area contributed by atoms with Crippen molar-refractivity contribution in [2.75, 3.05) is 38.4 Å². The van der Waals surface area contributed by atoms with Crippen LogP contribution in [0.1, 0.15) is 45.1 Å². The van der Waals surface area contributed by atoms with Gasteiger partial charge >= 0.3 is 0 Å². The number of aryl methyl sites for hydroxylation is 1. The second kappa shape index (κ2) is 9.42. The molecular formula is C26H30N6O3. The standard InChI is InChI=1S/C26H30N6O3/c1-32-10-9-16-12-22(35-3)20(11-17(16)14-32)30-26-28-13-18(24(27)33)25(31-26)29-19-8-7-15-5-4-6-21(34-2)23(15)19/h4-6,11-13,19H,7-10,14H2,1-3H3,(H2,27,33)(H2,28,29,30,31). The fourth-order valence-corrected chi connectivity index (χ4v) is 4.98. The molecule has 2 aliphatic rings. The molecule has 5 rings (SSSR count). The summed E-state index contributed by atoms with van der Waals surface area (Å²) < 4.78 is 11.2. The summed E-state index contributed by atoms with van der Waals surface area (Å²) >= 11 is 0. The number of fused-ring (bicyclic) bond motifs is 2. The lowest BCUT2D eigenvalue weighted by Crippen LogP contribution is -2.26. The van der Waals surface area contributed by atoms with E-state index in [9.17, 15) is 4.79 Å². The summed E-state index contributed by atoms with van der Waals surface area (Å²) in [6.07, 6.45) is 4.20. The average Bonchev–Trinajstić information content (AvgIpc) is 3.26. The second-order valence-corrected chi connectivity index (χ2v) is 9.02. The van der Waals surface area contributed by atoms with Gasteiger partial charge in [0, 0.05) is 24.8 Å². The molecule has 1 aliphatic carbocycles. The Hall–Kier alpha value is -3.85. The molecule has 182 valence electrons. The first-order chi connectivity index (χ1) is 17.0. The first kappa shape index (κ1) is 22.9. The van der Waals surface area contributed by atoms with E-state index in [0.29, 0.717) is 11.8 Å². The van der Waals surface area contributed by atoms with E-state index in [-0.39, 0.29) is 11.6 Å². The molecule has 0 spiro atoms. The maximum Gasteiger partial charge on any atom is 0.254 e. The Morgan fingerprint density at radius 2 is 1.94 bits per heavy atom. The number of ether oxygens (including phenoxy) is 2. The molecule has 1 atom stereocenters. The van der Waals surface area contributed by atoms with E-state index in [1.54, 1.807) is 14.2 Å². The SMILES string of the molecule is COc1cc2c(cc1Nc1ncc(C(N)=O)c(NC3CCc4cccc(OC)c43)n1)CN(C)CC2. The summed E-state index contributed by atoms with van der Waals surface area (Å²) in [7, 11) is 5.42. The zero-order valence-electron chi connectivity index (χ0n) is 20.2. The van der Waals surface area contributed by atoms with E-state index in [1.165, 1.54) is 22.9 Å². The first-order valence-electron chi connectivity index (χ1n) is 11.7. The number of carbonyl (C=O) groups is 1. The van der Waals surface area contributed by atoms with Crippen LogP contribution in [0.15, 0.2) is 36.5 Å². The number of rotatable bonds is 7. The van der Waals surface area contributed by atoms with Crippen molar-refractivity contribution >= 4 is 23.4 Å². The summed E-state index contributed by atoms with van der Waals surface area (Å²) in [4.78, 5) is 23.4. The van der Waals surface area contributed by atoms with Crippen LogP contribution in [-0.4, -0.2) is 48.6 Å². The molecule has 0 bridgehead atoms. The van der Waals surface area contributed by atoms with Gasteiger partial charge in [0.15, 0.2) is 0 Å². The number of amides is 1. The van der Waals surface area contributed by atoms with Crippen LogP contribution >= 0.6 is 0 Å². The predicted molar refractivity (Wildman–Crippen MR) is 135 cm³/mol. The van der Waals surface area contributed by atoms with Crippen LogP contribution < -0.4 is 25.8 Å². The summed E-state index contributed by atoms with van der Waals surface area (Å²) in [6, 6.07) is 10.1. The molecule has 1 aliphatic heterocycles. The van der Waals surface area contributed by atoms with Crippen molar-refractivity contribution in [2.24, 2.45) is 5.73 Å². The Morgan fingerprint density at radius 1 is 1.11 bits per heavy atom. The molecule has 2 heterocycles. The average molecular weight is 475 g/mol. The zero-order chi connectivity index (χ0) is 24.5. The first-order valence-corrected chi connectivity index (χ1v) is 11.7. The highest BCUT2D eigenvalue weighted by atomic mass is 16.5. The van der Waals surface area contributed by atoms with Gasteiger partial charge in [0.25, 0.3) is 5.91 Å². The van der Waals surface area contributed by atoms with Gasteiger partial charge in [0.1, 0.15) is 17.3 Å². The number of anilines is 3. The highest BCUT2D eigenvalue weighted by Crippen LogP contribution is 2.40. The van der Waals surface area contributed by atoms with Gasteiger partial charge in [-0.1, -0.05) is 12.1 Å². The normalized spacial score (nSPS) is 16.8. The maximum absolute atomic E-state index is 12.2. The third-order valence-corrected chi connectivity index (χ3v) is 6.76. The van der Waals surface area contributed by atoms with Gasteiger partial charge in [-0.15, -0.1) is 0 Å². The summed E-state index contributed by atoms with van der Waals surface area (Å²) in [5, 5.41) is 6.70. The van der Waals surface area contributed by atoms with Crippen LogP contribution in [0.4, 0.5) is 17.5 Å². The Labute approximate surface area is 204 Å². The lowest BCUT2D eigenvalue weighted by molar-refractivity contribution is 0.100. The number of carbonyl (C=O) groups excluding carboxylic acids is 1. The maximum atomic E-state index is 12.2. The van der Waals surface area contributed by atoms with E-state index in [4.69, 9.17) is 15.2 Å². The molecule has 2 aromatic carbocycles. The minimum absolute atomic E-state index is 0.0594. The van der Waals surface area contributed by atoms with Gasteiger partial charge < -0.3 is 30.7 Å². The number of hydrogen-bond donors (Lipinski definition) is 3. The molecule has 0 radical (unpaired) electrons. The molecule has 0 saturated heterocycles. The number of aromatic nitrogens is 2. The monoisotopic (exact) mass is 474 g/mol. The third-order valence-electron chi connectivity index (χ3n) is 6.76. The molecular weight excluding hydrogens is 444 g/mol. The van der Waals surface area contributed by atoms with Crippen LogP contribution in [0.25, 0.3) is 0 Å². The molecule has 4 N–H and O–H groups in total. The topological polar surface area (TPSA) is 115 Å². The third kappa shape index (κ3) is 4.46. The van der Waals surface area contributed by atoms with Crippen LogP contribution in [0.2, 0.25) is 0 Å². The summed E-state index contributed by atoms with van der Waals surface area (Å²) in [5.74, 6) is 1.68. The van der Waals surface area contributed by atoms with Crippen LogP contribution in [0.5, 0.6) is 11.5 Å². The number of primary amides is 1. The lowest BCUT2D eigenvalue weighted by atomic mass is 9.99. The van der Waals surface area contributed by atoms with Crippen molar-refractivity contribution in [3.8, 4) is 11.5 Å². The summed E-state index contributed by atoms with van der Waals surface area (Å²) in [6.45, 7) is 1.88. The van der Waals surface area contributed by atoms with Crippen molar-refractivity contribution in [2.45, 2.75) is 31.8 Å². The molecule has 9 nitrogen and oxygen atoms in total. The van der Waals surface area contributed by atoms with Crippen molar-refractivity contribution in [3.05, 3.63) is 64.3 Å². The number of likely N-dealkylation sites (N-methyl/N-ethyl adjacent to an activating group) is 1. The fraction of sp³-hybridized carbons (Fsp3) is 0.346. The van der Waals surface area contributed by atoms with Gasteiger partial charge in [-0.25, -0.2) is 4.98 Å². The number of hydrogen-bond acceptors (Lipinski definition) is 8. The number of methoxy groups -OCH3 is 2. The number of benzene rings is 2. The molecule has 35 heavy (non-hydrogen) atoms. The van der Waals surface area contributed by atoms with Gasteiger partial charge in [-0.2, -0.15) is 4.98 Å². The van der Waals surface area contributed by atoms with Crippen LogP contribution in [0.3, 0.4) is 0 Å². The molecule has 1 unspecified atom stereocenters. The molecule has 9 heteroatoms. The Morgan fingerprint density at radius 3 is 2.71 bits per heavy atom. The lowest BCUT2D eigenvalue weighted by Gasteiger charge is -2.26.